The van der Waals surface area contributed by atoms with Crippen molar-refractivity contribution in [3.8, 4) is 0 Å². The van der Waals surface area contributed by atoms with E-state index in [2.05, 4.69) is 26.8 Å². The van der Waals surface area contributed by atoms with Crippen LogP contribution in [0.5, 0.6) is 0 Å². The minimum absolute atomic E-state index is 0.231. The van der Waals surface area contributed by atoms with Gasteiger partial charge in [0.25, 0.3) is 0 Å². The van der Waals surface area contributed by atoms with Gasteiger partial charge in [0.15, 0.2) is 0 Å². The Labute approximate surface area is 62.8 Å². The first kappa shape index (κ1) is 7.80. The Hall–Kier alpha value is -0.300. The molecular formula is C9H16O. The van der Waals surface area contributed by atoms with E-state index >= 15 is 0 Å². The molecule has 1 rings (SSSR count). The number of hydrogen-bond donors (Lipinski definition) is 1. The van der Waals surface area contributed by atoms with Crippen molar-refractivity contribution in [1.29, 1.82) is 0 Å². The van der Waals surface area contributed by atoms with Crippen molar-refractivity contribution in [1.82, 2.24) is 0 Å². The number of aliphatic hydroxyl groups is 1. The third kappa shape index (κ3) is 0.988. The van der Waals surface area contributed by atoms with Gasteiger partial charge in [0.05, 0.1) is 0 Å². The van der Waals surface area contributed by atoms with E-state index in [1.165, 1.54) is 5.57 Å². The molecule has 0 aliphatic heterocycles. The van der Waals surface area contributed by atoms with Crippen LogP contribution in [0.4, 0.5) is 0 Å². The standard InChI is InChI=1S/C9H16O/c1-7-4-5-8(6-10)9(7,2)3/h4,8,10H,5-6H2,1-3H3/t8-/m0/s1. The highest BCUT2D eigenvalue weighted by Gasteiger charge is 2.33. The van der Waals surface area contributed by atoms with Gasteiger partial charge in [-0.25, -0.2) is 0 Å². The maximum absolute atomic E-state index is 8.99. The monoisotopic (exact) mass is 140 g/mol. The van der Waals surface area contributed by atoms with Crippen LogP contribution < -0.4 is 0 Å². The smallest absolute Gasteiger partial charge is 0.0470 e. The van der Waals surface area contributed by atoms with Crippen LogP contribution in [0.25, 0.3) is 0 Å². The van der Waals surface area contributed by atoms with Gasteiger partial charge in [0.2, 0.25) is 0 Å². The molecule has 0 unspecified atom stereocenters. The molecule has 0 fully saturated rings. The third-order valence-corrected chi connectivity index (χ3v) is 2.97. The Morgan fingerprint density at radius 1 is 1.70 bits per heavy atom. The number of rotatable bonds is 1. The van der Waals surface area contributed by atoms with E-state index in [0.717, 1.165) is 6.42 Å². The lowest BCUT2D eigenvalue weighted by Crippen LogP contribution is -2.23. The highest BCUT2D eigenvalue weighted by atomic mass is 16.3. The van der Waals surface area contributed by atoms with Gasteiger partial charge in [-0.15, -0.1) is 0 Å². The van der Waals surface area contributed by atoms with Gasteiger partial charge in [-0.1, -0.05) is 25.5 Å². The van der Waals surface area contributed by atoms with Gasteiger partial charge < -0.3 is 5.11 Å². The molecular weight excluding hydrogens is 124 g/mol. The van der Waals surface area contributed by atoms with Crippen LogP contribution in [0.3, 0.4) is 0 Å². The van der Waals surface area contributed by atoms with Crippen molar-refractivity contribution in [2.75, 3.05) is 6.61 Å². The Balaban J connectivity index is 2.74. The van der Waals surface area contributed by atoms with Gasteiger partial charge in [-0.3, -0.25) is 0 Å². The molecule has 1 heteroatoms. The van der Waals surface area contributed by atoms with Crippen molar-refractivity contribution < 1.29 is 5.11 Å². The first-order valence-corrected chi connectivity index (χ1v) is 3.87. The fourth-order valence-electron chi connectivity index (χ4n) is 1.50. The first-order valence-electron chi connectivity index (χ1n) is 3.87. The summed E-state index contributed by atoms with van der Waals surface area (Å²) in [7, 11) is 0. The summed E-state index contributed by atoms with van der Waals surface area (Å²) < 4.78 is 0. The summed E-state index contributed by atoms with van der Waals surface area (Å²) in [5, 5.41) is 8.99. The molecule has 0 aromatic heterocycles. The van der Waals surface area contributed by atoms with Gasteiger partial charge >= 0.3 is 0 Å². The predicted octanol–water partition coefficient (Wildman–Crippen LogP) is 1.97. The van der Waals surface area contributed by atoms with Gasteiger partial charge in [0.1, 0.15) is 0 Å². The van der Waals surface area contributed by atoms with E-state index in [1.807, 2.05) is 0 Å². The number of aliphatic hydroxyl groups excluding tert-OH is 1. The Morgan fingerprint density at radius 2 is 2.30 bits per heavy atom. The summed E-state index contributed by atoms with van der Waals surface area (Å²) >= 11 is 0. The van der Waals surface area contributed by atoms with Crippen LogP contribution in [0, 0.1) is 11.3 Å². The average Bonchev–Trinajstić information content (AvgIpc) is 2.10. The summed E-state index contributed by atoms with van der Waals surface area (Å²) in [4.78, 5) is 0. The van der Waals surface area contributed by atoms with Gasteiger partial charge in [-0.05, 0) is 24.7 Å². The van der Waals surface area contributed by atoms with Crippen LogP contribution in [0.2, 0.25) is 0 Å². The molecule has 10 heavy (non-hydrogen) atoms. The zero-order chi connectivity index (χ0) is 7.78. The molecule has 0 bridgehead atoms. The zero-order valence-electron chi connectivity index (χ0n) is 7.02. The average molecular weight is 140 g/mol. The highest BCUT2D eigenvalue weighted by molar-refractivity contribution is 5.17. The van der Waals surface area contributed by atoms with E-state index in [9.17, 15) is 0 Å². The third-order valence-electron chi connectivity index (χ3n) is 2.97. The maximum atomic E-state index is 8.99. The first-order chi connectivity index (χ1) is 4.59. The summed E-state index contributed by atoms with van der Waals surface area (Å²) in [6.07, 6.45) is 3.29. The number of allylic oxidation sites excluding steroid dienone is 2. The Kier molecular flexibility index (Phi) is 1.86. The van der Waals surface area contributed by atoms with Crippen LogP contribution in [0.15, 0.2) is 11.6 Å². The van der Waals surface area contributed by atoms with Crippen molar-refractivity contribution in [2.45, 2.75) is 27.2 Å². The molecule has 1 N–H and O–H groups in total. The van der Waals surface area contributed by atoms with Crippen LogP contribution in [0.1, 0.15) is 27.2 Å². The molecule has 1 aliphatic rings. The van der Waals surface area contributed by atoms with Crippen molar-refractivity contribution in [3.63, 3.8) is 0 Å². The lowest BCUT2D eigenvalue weighted by Gasteiger charge is -2.27. The van der Waals surface area contributed by atoms with Crippen LogP contribution >= 0.6 is 0 Å². The van der Waals surface area contributed by atoms with E-state index < -0.39 is 0 Å². The van der Waals surface area contributed by atoms with E-state index in [-0.39, 0.29) is 5.41 Å². The molecule has 0 aromatic carbocycles. The van der Waals surface area contributed by atoms with Crippen molar-refractivity contribution >= 4 is 0 Å². The summed E-state index contributed by atoms with van der Waals surface area (Å²) in [5.41, 5.74) is 1.65. The summed E-state index contributed by atoms with van der Waals surface area (Å²) in [5.74, 6) is 0.451. The molecule has 1 atom stereocenters. The minimum atomic E-state index is 0.231. The molecule has 1 aliphatic carbocycles. The second-order valence-corrected chi connectivity index (χ2v) is 3.72. The fourth-order valence-corrected chi connectivity index (χ4v) is 1.50. The van der Waals surface area contributed by atoms with E-state index in [1.54, 1.807) is 0 Å². The molecule has 0 spiro atoms. The van der Waals surface area contributed by atoms with Crippen molar-refractivity contribution in [2.24, 2.45) is 11.3 Å². The Bertz CT molecular complexity index is 156. The van der Waals surface area contributed by atoms with E-state index in [4.69, 9.17) is 5.11 Å². The normalized spacial score (nSPS) is 30.4. The summed E-state index contributed by atoms with van der Waals surface area (Å²) in [6.45, 7) is 6.87. The zero-order valence-corrected chi connectivity index (χ0v) is 7.02. The largest absolute Gasteiger partial charge is 0.396 e. The molecule has 0 aromatic rings. The topological polar surface area (TPSA) is 20.2 Å². The number of hydrogen-bond acceptors (Lipinski definition) is 1. The molecule has 0 radical (unpaired) electrons. The Morgan fingerprint density at radius 3 is 2.50 bits per heavy atom. The molecule has 0 saturated heterocycles. The maximum Gasteiger partial charge on any atom is 0.0470 e. The lowest BCUT2D eigenvalue weighted by molar-refractivity contribution is 0.158. The molecule has 58 valence electrons. The summed E-state index contributed by atoms with van der Waals surface area (Å²) in [6, 6.07) is 0. The molecule has 1 nitrogen and oxygen atoms in total. The molecule has 0 amide bonds. The predicted molar refractivity (Wildman–Crippen MR) is 42.7 cm³/mol. The SMILES string of the molecule is CC1=CC[C@@H](CO)C1(C)C. The van der Waals surface area contributed by atoms with Gasteiger partial charge in [-0.2, -0.15) is 0 Å². The second-order valence-electron chi connectivity index (χ2n) is 3.72. The quantitative estimate of drug-likeness (QED) is 0.552. The van der Waals surface area contributed by atoms with Gasteiger partial charge in [0, 0.05) is 6.61 Å². The van der Waals surface area contributed by atoms with E-state index in [0.29, 0.717) is 12.5 Å². The van der Waals surface area contributed by atoms with Crippen molar-refractivity contribution in [3.05, 3.63) is 11.6 Å². The second kappa shape index (κ2) is 2.39. The molecule has 0 saturated carbocycles. The van der Waals surface area contributed by atoms with Crippen LogP contribution in [-0.4, -0.2) is 11.7 Å². The highest BCUT2D eigenvalue weighted by Crippen LogP contribution is 2.42. The minimum Gasteiger partial charge on any atom is -0.396 e. The van der Waals surface area contributed by atoms with Crippen LogP contribution in [-0.2, 0) is 0 Å². The molecule has 0 heterocycles. The fraction of sp³-hybridized carbons (Fsp3) is 0.778. The lowest BCUT2D eigenvalue weighted by atomic mass is 9.78.